The molecule has 0 bridgehead atoms. The molecule has 3 rings (SSSR count). The highest BCUT2D eigenvalue weighted by molar-refractivity contribution is 5.81. The van der Waals surface area contributed by atoms with Crippen molar-refractivity contribution in [3.05, 3.63) is 54.0 Å². The first-order valence-electron chi connectivity index (χ1n) is 9.82. The van der Waals surface area contributed by atoms with Gasteiger partial charge >= 0.3 is 0 Å². The van der Waals surface area contributed by atoms with E-state index < -0.39 is 0 Å². The number of hydrogen-bond acceptors (Lipinski definition) is 4. The Balaban J connectivity index is 1.46. The molecule has 1 saturated carbocycles. The maximum absolute atomic E-state index is 12.9. The number of hydrogen-bond donors (Lipinski definition) is 3. The molecule has 0 unspecified atom stereocenters. The molecule has 0 saturated heterocycles. The van der Waals surface area contributed by atoms with E-state index in [-0.39, 0.29) is 17.6 Å². The fourth-order valence-corrected chi connectivity index (χ4v) is 2.56. The Labute approximate surface area is 169 Å². The van der Waals surface area contributed by atoms with E-state index in [2.05, 4.69) is 25.9 Å². The third-order valence-electron chi connectivity index (χ3n) is 4.26. The fraction of sp³-hybridized carbons (Fsp3) is 0.381. The van der Waals surface area contributed by atoms with E-state index in [1.54, 1.807) is 24.4 Å². The van der Waals surface area contributed by atoms with E-state index in [1.807, 2.05) is 13.0 Å². The quantitative estimate of drug-likeness (QED) is 0.343. The Morgan fingerprint density at radius 3 is 2.55 bits per heavy atom. The van der Waals surface area contributed by atoms with Gasteiger partial charge in [-0.3, -0.25) is 4.79 Å². The van der Waals surface area contributed by atoms with Crippen LogP contribution in [-0.2, 0) is 11.3 Å². The van der Waals surface area contributed by atoms with Gasteiger partial charge in [0.1, 0.15) is 11.6 Å². The fourth-order valence-electron chi connectivity index (χ4n) is 2.56. The normalized spacial score (nSPS) is 13.7. The van der Waals surface area contributed by atoms with Crippen molar-refractivity contribution in [2.45, 2.75) is 26.3 Å². The van der Waals surface area contributed by atoms with E-state index >= 15 is 0 Å². The van der Waals surface area contributed by atoms with E-state index in [4.69, 9.17) is 4.74 Å². The molecule has 0 radical (unpaired) electrons. The van der Waals surface area contributed by atoms with Crippen LogP contribution in [-0.4, -0.2) is 36.5 Å². The van der Waals surface area contributed by atoms with Crippen molar-refractivity contribution in [3.8, 4) is 11.6 Å². The molecule has 154 valence electrons. The second kappa shape index (κ2) is 10.4. The molecular formula is C21H26FN5O2. The van der Waals surface area contributed by atoms with Gasteiger partial charge in [0.15, 0.2) is 5.96 Å². The van der Waals surface area contributed by atoms with Crippen molar-refractivity contribution in [2.75, 3.05) is 19.6 Å². The van der Waals surface area contributed by atoms with Gasteiger partial charge < -0.3 is 20.7 Å². The van der Waals surface area contributed by atoms with Gasteiger partial charge in [0.2, 0.25) is 11.8 Å². The van der Waals surface area contributed by atoms with Gasteiger partial charge in [-0.15, -0.1) is 0 Å². The number of carbonyl (C=O) groups is 1. The summed E-state index contributed by atoms with van der Waals surface area (Å²) in [6.45, 7) is 4.36. The van der Waals surface area contributed by atoms with Gasteiger partial charge in [-0.1, -0.05) is 6.07 Å². The lowest BCUT2D eigenvalue weighted by molar-refractivity contribution is -0.122. The summed E-state index contributed by atoms with van der Waals surface area (Å²) >= 11 is 0. The number of pyridine rings is 1. The molecule has 1 amide bonds. The minimum Gasteiger partial charge on any atom is -0.439 e. The van der Waals surface area contributed by atoms with Gasteiger partial charge in [-0.25, -0.2) is 14.4 Å². The summed E-state index contributed by atoms with van der Waals surface area (Å²) in [5.74, 6) is 1.69. The van der Waals surface area contributed by atoms with Crippen LogP contribution in [0, 0.1) is 11.7 Å². The number of guanidine groups is 1. The molecule has 8 heteroatoms. The summed E-state index contributed by atoms with van der Waals surface area (Å²) in [7, 11) is 0. The molecule has 1 aliphatic carbocycles. The Kier molecular flexibility index (Phi) is 7.38. The molecule has 2 aromatic rings. The summed E-state index contributed by atoms with van der Waals surface area (Å²) in [5.41, 5.74) is 0.927. The minimum absolute atomic E-state index is 0.141. The number of aliphatic imine (C=N–C) groups is 1. The van der Waals surface area contributed by atoms with E-state index in [1.165, 1.54) is 12.1 Å². The first-order chi connectivity index (χ1) is 14.1. The molecular weight excluding hydrogens is 373 g/mol. The van der Waals surface area contributed by atoms with Crippen LogP contribution in [0.25, 0.3) is 0 Å². The third-order valence-corrected chi connectivity index (χ3v) is 4.26. The molecule has 3 N–H and O–H groups in total. The van der Waals surface area contributed by atoms with Crippen molar-refractivity contribution < 1.29 is 13.9 Å². The molecule has 1 aliphatic rings. The lowest BCUT2D eigenvalue weighted by Gasteiger charge is -2.12. The number of amides is 1. The van der Waals surface area contributed by atoms with Crippen LogP contribution in [0.3, 0.4) is 0 Å². The average Bonchev–Trinajstić information content (AvgIpc) is 3.57. The maximum Gasteiger partial charge on any atom is 0.223 e. The predicted octanol–water partition coefficient (Wildman–Crippen LogP) is 2.59. The number of nitrogens with zero attached hydrogens (tertiary/aromatic N) is 2. The molecule has 1 aromatic carbocycles. The van der Waals surface area contributed by atoms with E-state index in [0.717, 1.165) is 24.9 Å². The molecule has 1 heterocycles. The monoisotopic (exact) mass is 399 g/mol. The van der Waals surface area contributed by atoms with Crippen LogP contribution in [0.5, 0.6) is 11.6 Å². The Morgan fingerprint density at radius 2 is 1.90 bits per heavy atom. The summed E-state index contributed by atoms with van der Waals surface area (Å²) in [6, 6.07) is 9.42. The largest absolute Gasteiger partial charge is 0.439 e. The molecule has 7 nitrogen and oxygen atoms in total. The number of carbonyl (C=O) groups excluding carboxylic acids is 1. The van der Waals surface area contributed by atoms with Gasteiger partial charge in [0.25, 0.3) is 0 Å². The van der Waals surface area contributed by atoms with Crippen LogP contribution in [0.4, 0.5) is 4.39 Å². The SMILES string of the molecule is CCNC(=NCc1ccc(Oc2ccc(F)cc2)nc1)NCCNC(=O)C1CC1. The van der Waals surface area contributed by atoms with Crippen LogP contribution >= 0.6 is 0 Å². The first-order valence-corrected chi connectivity index (χ1v) is 9.82. The highest BCUT2D eigenvalue weighted by Gasteiger charge is 2.28. The number of benzene rings is 1. The topological polar surface area (TPSA) is 87.6 Å². The summed E-state index contributed by atoms with van der Waals surface area (Å²) in [5, 5.41) is 9.29. The van der Waals surface area contributed by atoms with Gasteiger partial charge in [0.05, 0.1) is 6.54 Å². The number of rotatable bonds is 9. The molecule has 0 aliphatic heterocycles. The maximum atomic E-state index is 12.9. The number of ether oxygens (including phenoxy) is 1. The molecule has 1 fully saturated rings. The Morgan fingerprint density at radius 1 is 1.14 bits per heavy atom. The second-order valence-corrected chi connectivity index (χ2v) is 6.75. The van der Waals surface area contributed by atoms with Crippen molar-refractivity contribution in [2.24, 2.45) is 10.9 Å². The number of halogens is 1. The van der Waals surface area contributed by atoms with Crippen LogP contribution < -0.4 is 20.7 Å². The lowest BCUT2D eigenvalue weighted by Crippen LogP contribution is -2.41. The number of nitrogens with one attached hydrogen (secondary N) is 3. The summed E-state index contributed by atoms with van der Waals surface area (Å²) < 4.78 is 18.5. The zero-order valence-electron chi connectivity index (χ0n) is 16.5. The lowest BCUT2D eigenvalue weighted by atomic mass is 10.3. The van der Waals surface area contributed by atoms with E-state index in [0.29, 0.717) is 37.2 Å². The third kappa shape index (κ3) is 7.06. The smallest absolute Gasteiger partial charge is 0.223 e. The Bertz CT molecular complexity index is 820. The number of aromatic nitrogens is 1. The molecule has 1 aromatic heterocycles. The highest BCUT2D eigenvalue weighted by atomic mass is 19.1. The minimum atomic E-state index is -0.311. The zero-order valence-corrected chi connectivity index (χ0v) is 16.5. The second-order valence-electron chi connectivity index (χ2n) is 6.75. The van der Waals surface area contributed by atoms with E-state index in [9.17, 15) is 9.18 Å². The Hall–Kier alpha value is -3.16. The molecule has 29 heavy (non-hydrogen) atoms. The summed E-state index contributed by atoms with van der Waals surface area (Å²) in [6.07, 6.45) is 3.71. The first kappa shape index (κ1) is 20.6. The van der Waals surface area contributed by atoms with Crippen molar-refractivity contribution in [3.63, 3.8) is 0 Å². The van der Waals surface area contributed by atoms with Crippen molar-refractivity contribution in [1.82, 2.24) is 20.9 Å². The molecule has 0 atom stereocenters. The predicted molar refractivity (Wildman–Crippen MR) is 109 cm³/mol. The van der Waals surface area contributed by atoms with Crippen molar-refractivity contribution >= 4 is 11.9 Å². The van der Waals surface area contributed by atoms with Crippen LogP contribution in [0.15, 0.2) is 47.6 Å². The standard InChI is InChI=1S/C21H26FN5O2/c1-2-23-21(25-12-11-24-20(28)16-4-5-16)27-14-15-3-10-19(26-13-15)29-18-8-6-17(22)7-9-18/h3,6-10,13,16H,2,4-5,11-12,14H2,1H3,(H,24,28)(H2,23,25,27). The van der Waals surface area contributed by atoms with Gasteiger partial charge in [-0.05, 0) is 49.6 Å². The van der Waals surface area contributed by atoms with Crippen LogP contribution in [0.1, 0.15) is 25.3 Å². The van der Waals surface area contributed by atoms with Crippen molar-refractivity contribution in [1.29, 1.82) is 0 Å². The van der Waals surface area contributed by atoms with Gasteiger partial charge in [-0.2, -0.15) is 0 Å². The van der Waals surface area contributed by atoms with Gasteiger partial charge in [0, 0.05) is 37.8 Å². The summed E-state index contributed by atoms with van der Waals surface area (Å²) in [4.78, 5) is 20.4. The average molecular weight is 399 g/mol. The molecule has 0 spiro atoms. The van der Waals surface area contributed by atoms with Crippen LogP contribution in [0.2, 0.25) is 0 Å². The highest BCUT2D eigenvalue weighted by Crippen LogP contribution is 2.28. The zero-order chi connectivity index (χ0) is 20.5.